The number of carbonyl (C=O) groups is 1. The molecule has 0 fully saturated rings. The molecule has 0 saturated carbocycles. The van der Waals surface area contributed by atoms with Crippen molar-refractivity contribution >= 4 is 5.91 Å². The van der Waals surface area contributed by atoms with E-state index in [-0.39, 0.29) is 18.9 Å². The van der Waals surface area contributed by atoms with Crippen LogP contribution in [-0.2, 0) is 31.9 Å². The summed E-state index contributed by atoms with van der Waals surface area (Å²) in [5.41, 5.74) is 0.504. The van der Waals surface area contributed by atoms with Crippen LogP contribution in [0.2, 0.25) is 0 Å². The lowest BCUT2D eigenvalue weighted by molar-refractivity contribution is -0.120. The molecule has 1 heterocycles. The van der Waals surface area contributed by atoms with Crippen molar-refractivity contribution in [1.29, 1.82) is 0 Å². The fourth-order valence-electron chi connectivity index (χ4n) is 2.26. The highest BCUT2D eigenvalue weighted by molar-refractivity contribution is 5.78. The minimum Gasteiger partial charge on any atom is -0.494 e. The van der Waals surface area contributed by atoms with E-state index >= 15 is 0 Å². The van der Waals surface area contributed by atoms with Gasteiger partial charge in [0.25, 0.3) is 5.56 Å². The van der Waals surface area contributed by atoms with Gasteiger partial charge in [0, 0.05) is 25.9 Å². The Bertz CT molecular complexity index is 834. The number of carbonyl (C=O) groups excluding carboxylic acids is 1. The number of hydrogen-bond donors (Lipinski definition) is 1. The van der Waals surface area contributed by atoms with Crippen molar-refractivity contribution in [2.45, 2.75) is 19.9 Å². The molecule has 2 rings (SSSR count). The molecule has 128 valence electrons. The zero-order valence-electron chi connectivity index (χ0n) is 14.0. The van der Waals surface area contributed by atoms with Crippen molar-refractivity contribution in [3.63, 3.8) is 0 Å². The van der Waals surface area contributed by atoms with E-state index in [1.54, 1.807) is 7.05 Å². The van der Waals surface area contributed by atoms with Gasteiger partial charge in [-0.05, 0) is 24.6 Å². The van der Waals surface area contributed by atoms with Crippen LogP contribution in [0.3, 0.4) is 0 Å². The van der Waals surface area contributed by atoms with Gasteiger partial charge in [0.2, 0.25) is 5.91 Å². The normalized spacial score (nSPS) is 10.5. The molecule has 0 aliphatic heterocycles. The lowest BCUT2D eigenvalue weighted by atomic mass is 10.1. The summed E-state index contributed by atoms with van der Waals surface area (Å²) < 4.78 is 7.72. The zero-order valence-corrected chi connectivity index (χ0v) is 14.0. The third-order valence-corrected chi connectivity index (χ3v) is 3.69. The van der Waals surface area contributed by atoms with Crippen molar-refractivity contribution in [2.24, 2.45) is 14.1 Å². The van der Waals surface area contributed by atoms with E-state index in [1.165, 1.54) is 17.7 Å². The summed E-state index contributed by atoms with van der Waals surface area (Å²) in [5.74, 6) is 0.573. The van der Waals surface area contributed by atoms with Crippen LogP contribution in [0.25, 0.3) is 0 Å². The van der Waals surface area contributed by atoms with Crippen molar-refractivity contribution in [2.75, 3.05) is 6.61 Å². The number of hydrogen-bond acceptors (Lipinski definition) is 4. The Labute approximate surface area is 139 Å². The van der Waals surface area contributed by atoms with Gasteiger partial charge in [-0.3, -0.25) is 18.7 Å². The summed E-state index contributed by atoms with van der Waals surface area (Å²) in [6.45, 7) is 2.62. The van der Waals surface area contributed by atoms with Gasteiger partial charge in [-0.25, -0.2) is 4.79 Å². The van der Waals surface area contributed by atoms with Crippen LogP contribution in [0.15, 0.2) is 39.9 Å². The van der Waals surface area contributed by atoms with Crippen LogP contribution >= 0.6 is 0 Å². The van der Waals surface area contributed by atoms with Gasteiger partial charge < -0.3 is 10.1 Å². The monoisotopic (exact) mass is 331 g/mol. The minimum absolute atomic E-state index is 0.123. The molecule has 1 amide bonds. The maximum absolute atomic E-state index is 12.0. The van der Waals surface area contributed by atoms with E-state index in [2.05, 4.69) is 5.32 Å². The lowest BCUT2D eigenvalue weighted by Crippen LogP contribution is -2.39. The highest BCUT2D eigenvalue weighted by Gasteiger charge is 2.08. The first-order valence-electron chi connectivity index (χ1n) is 7.66. The Morgan fingerprint density at radius 2 is 1.79 bits per heavy atom. The Hall–Kier alpha value is -2.83. The summed E-state index contributed by atoms with van der Waals surface area (Å²) >= 11 is 0. The first kappa shape index (κ1) is 17.5. The van der Waals surface area contributed by atoms with Crippen LogP contribution in [0, 0.1) is 0 Å². The molecule has 0 aliphatic rings. The molecule has 1 N–H and O–H groups in total. The van der Waals surface area contributed by atoms with Gasteiger partial charge in [-0.15, -0.1) is 0 Å². The number of ether oxygens (including phenoxy) is 1. The minimum atomic E-state index is -0.418. The smallest absolute Gasteiger partial charge is 0.330 e. The van der Waals surface area contributed by atoms with Crippen molar-refractivity contribution in [1.82, 2.24) is 14.5 Å². The molecule has 0 atom stereocenters. The van der Waals surface area contributed by atoms with Gasteiger partial charge in [0.1, 0.15) is 5.75 Å². The molecule has 0 aliphatic carbocycles. The van der Waals surface area contributed by atoms with Crippen molar-refractivity contribution in [3.8, 4) is 5.75 Å². The molecule has 7 heteroatoms. The number of amides is 1. The molecule has 1 aromatic heterocycles. The average Bonchev–Trinajstić information content (AvgIpc) is 2.57. The maximum Gasteiger partial charge on any atom is 0.330 e. The predicted octanol–water partition coefficient (Wildman–Crippen LogP) is 0.342. The third-order valence-electron chi connectivity index (χ3n) is 3.69. The van der Waals surface area contributed by atoms with Crippen LogP contribution < -0.4 is 21.3 Å². The van der Waals surface area contributed by atoms with E-state index in [4.69, 9.17) is 4.74 Å². The van der Waals surface area contributed by atoms with Crippen LogP contribution in [0.1, 0.15) is 18.2 Å². The van der Waals surface area contributed by atoms with Crippen LogP contribution in [0.4, 0.5) is 0 Å². The quantitative estimate of drug-likeness (QED) is 0.828. The number of rotatable bonds is 6. The molecule has 0 unspecified atom stereocenters. The molecule has 1 aromatic carbocycles. The van der Waals surface area contributed by atoms with Gasteiger partial charge in [0.15, 0.2) is 0 Å². The topological polar surface area (TPSA) is 82.3 Å². The second kappa shape index (κ2) is 7.63. The molecule has 7 nitrogen and oxygen atoms in total. The van der Waals surface area contributed by atoms with Gasteiger partial charge in [0.05, 0.1) is 19.6 Å². The van der Waals surface area contributed by atoms with E-state index < -0.39 is 11.2 Å². The third kappa shape index (κ3) is 4.13. The fraction of sp³-hybridized carbons (Fsp3) is 0.353. The molecular formula is C17H21N3O4. The maximum atomic E-state index is 12.0. The molecule has 0 spiro atoms. The lowest BCUT2D eigenvalue weighted by Gasteiger charge is -2.11. The first-order valence-corrected chi connectivity index (χ1v) is 7.66. The van der Waals surface area contributed by atoms with Crippen molar-refractivity contribution < 1.29 is 9.53 Å². The highest BCUT2D eigenvalue weighted by Crippen LogP contribution is 2.12. The Kier molecular flexibility index (Phi) is 5.57. The van der Waals surface area contributed by atoms with Gasteiger partial charge in [-0.2, -0.15) is 0 Å². The second-order valence-corrected chi connectivity index (χ2v) is 5.40. The summed E-state index contributed by atoms with van der Waals surface area (Å²) in [6, 6.07) is 8.64. The molecule has 0 bridgehead atoms. The number of nitrogens with one attached hydrogen (secondary N) is 1. The van der Waals surface area contributed by atoms with E-state index in [9.17, 15) is 14.4 Å². The molecule has 2 aromatic rings. The van der Waals surface area contributed by atoms with E-state index in [0.717, 1.165) is 15.9 Å². The van der Waals surface area contributed by atoms with Gasteiger partial charge >= 0.3 is 5.69 Å². The predicted molar refractivity (Wildman–Crippen MR) is 90.1 cm³/mol. The van der Waals surface area contributed by atoms with Crippen LogP contribution in [0.5, 0.6) is 5.75 Å². The van der Waals surface area contributed by atoms with Gasteiger partial charge in [-0.1, -0.05) is 12.1 Å². The molecule has 0 radical (unpaired) electrons. The first-order chi connectivity index (χ1) is 11.4. The molecule has 0 saturated heterocycles. The number of aromatic nitrogens is 2. The molecular weight excluding hydrogens is 310 g/mol. The Morgan fingerprint density at radius 1 is 1.12 bits per heavy atom. The average molecular weight is 331 g/mol. The summed E-state index contributed by atoms with van der Waals surface area (Å²) in [4.78, 5) is 35.5. The Balaban J connectivity index is 1.99. The summed E-state index contributed by atoms with van der Waals surface area (Å²) in [5, 5.41) is 2.72. The van der Waals surface area contributed by atoms with E-state index in [0.29, 0.717) is 12.3 Å². The Morgan fingerprint density at radius 3 is 2.42 bits per heavy atom. The second-order valence-electron chi connectivity index (χ2n) is 5.40. The van der Waals surface area contributed by atoms with E-state index in [1.807, 2.05) is 31.2 Å². The van der Waals surface area contributed by atoms with Crippen molar-refractivity contribution in [3.05, 3.63) is 62.4 Å². The number of nitrogens with zero attached hydrogens (tertiary/aromatic N) is 2. The highest BCUT2D eigenvalue weighted by atomic mass is 16.5. The number of benzene rings is 1. The SMILES string of the molecule is CCOc1ccc(CC(=O)NCc2cc(=O)n(C)c(=O)n2C)cc1. The fourth-order valence-corrected chi connectivity index (χ4v) is 2.26. The van der Waals surface area contributed by atoms with Crippen LogP contribution in [-0.4, -0.2) is 21.6 Å². The summed E-state index contributed by atoms with van der Waals surface area (Å²) in [6.07, 6.45) is 0.213. The molecule has 24 heavy (non-hydrogen) atoms. The standard InChI is InChI=1S/C17H21N3O4/c1-4-24-14-7-5-12(6-8-14)9-15(21)18-11-13-10-16(22)20(3)17(23)19(13)2/h5-8,10H,4,9,11H2,1-3H3,(H,18,21). The summed E-state index contributed by atoms with van der Waals surface area (Å²) in [7, 11) is 2.98. The zero-order chi connectivity index (χ0) is 17.7. The largest absolute Gasteiger partial charge is 0.494 e.